The molecule has 1 aliphatic heterocycles. The van der Waals surface area contributed by atoms with Crippen molar-refractivity contribution in [2.24, 2.45) is 5.73 Å². The molecule has 1 aliphatic rings. The number of aliphatic hydroxyl groups excluding tert-OH is 2. The maximum atomic E-state index is 13.8. The van der Waals surface area contributed by atoms with Gasteiger partial charge in [-0.25, -0.2) is 4.39 Å². The summed E-state index contributed by atoms with van der Waals surface area (Å²) in [5.74, 6) is -1.21. The highest BCUT2D eigenvalue weighted by Crippen LogP contribution is 2.38. The summed E-state index contributed by atoms with van der Waals surface area (Å²) in [7, 11) is 1.58. The molecule has 0 aliphatic carbocycles. The molecule has 2 amide bonds. The summed E-state index contributed by atoms with van der Waals surface area (Å²) in [6, 6.07) is 20.5. The van der Waals surface area contributed by atoms with E-state index in [2.05, 4.69) is 10.6 Å². The van der Waals surface area contributed by atoms with E-state index in [1.165, 1.54) is 17.0 Å². The van der Waals surface area contributed by atoms with Gasteiger partial charge in [0.25, 0.3) is 5.91 Å². The van der Waals surface area contributed by atoms with Gasteiger partial charge in [0.2, 0.25) is 5.91 Å². The summed E-state index contributed by atoms with van der Waals surface area (Å²) in [5.41, 5.74) is 8.73. The second kappa shape index (κ2) is 10.9. The Morgan fingerprint density at radius 1 is 1.03 bits per heavy atom. The van der Waals surface area contributed by atoms with Crippen LogP contribution < -0.4 is 21.3 Å². The molecule has 3 aromatic rings. The van der Waals surface area contributed by atoms with Gasteiger partial charge in [0.05, 0.1) is 17.0 Å². The van der Waals surface area contributed by atoms with Crippen LogP contribution in [0.15, 0.2) is 72.8 Å². The number of rotatable bonds is 9. The van der Waals surface area contributed by atoms with Crippen molar-refractivity contribution in [3.05, 3.63) is 89.7 Å². The van der Waals surface area contributed by atoms with Gasteiger partial charge in [-0.15, -0.1) is 0 Å². The SMILES string of the molecule is CN(C(=O)C(N)(CCO)CCO)c1ccc(NC(=C2C(=O)Nc3cc(F)ccc32)c2ccccc2)cc1. The van der Waals surface area contributed by atoms with Gasteiger partial charge >= 0.3 is 0 Å². The third kappa shape index (κ3) is 5.39. The van der Waals surface area contributed by atoms with Crippen LogP contribution in [0.5, 0.6) is 0 Å². The highest BCUT2D eigenvalue weighted by Gasteiger charge is 2.36. The fourth-order valence-electron chi connectivity index (χ4n) is 4.38. The molecule has 0 fully saturated rings. The summed E-state index contributed by atoms with van der Waals surface area (Å²) in [5, 5.41) is 24.7. The first-order chi connectivity index (χ1) is 17.8. The molecular weight excluding hydrogens is 475 g/mol. The molecule has 37 heavy (non-hydrogen) atoms. The van der Waals surface area contributed by atoms with Gasteiger partial charge in [0.1, 0.15) is 11.4 Å². The summed E-state index contributed by atoms with van der Waals surface area (Å²) < 4.78 is 13.8. The standard InChI is InChI=1S/C28H29FN4O4/c1-33(27(37)28(30,13-15-34)14-16-35)21-10-8-20(9-11-21)31-25(18-5-3-2-4-6-18)24-22-12-7-19(29)17-23(22)32-26(24)36/h2-12,17,31,34-35H,13-16,30H2,1H3,(H,32,36). The Bertz CT molecular complexity index is 1320. The zero-order chi connectivity index (χ0) is 26.6. The molecule has 0 saturated heterocycles. The van der Waals surface area contributed by atoms with E-state index in [0.717, 1.165) is 5.56 Å². The average Bonchev–Trinajstić information content (AvgIpc) is 3.22. The Kier molecular flexibility index (Phi) is 7.68. The van der Waals surface area contributed by atoms with Crippen molar-refractivity contribution in [3.63, 3.8) is 0 Å². The highest BCUT2D eigenvalue weighted by atomic mass is 19.1. The molecule has 0 aromatic heterocycles. The second-order valence-electron chi connectivity index (χ2n) is 8.90. The van der Waals surface area contributed by atoms with E-state index in [1.807, 2.05) is 30.3 Å². The van der Waals surface area contributed by atoms with Crippen molar-refractivity contribution in [2.45, 2.75) is 18.4 Å². The molecule has 8 nitrogen and oxygen atoms in total. The van der Waals surface area contributed by atoms with Gasteiger partial charge in [-0.2, -0.15) is 0 Å². The molecule has 1 heterocycles. The van der Waals surface area contributed by atoms with E-state index in [0.29, 0.717) is 33.9 Å². The molecule has 0 unspecified atom stereocenters. The molecule has 0 radical (unpaired) electrons. The highest BCUT2D eigenvalue weighted by molar-refractivity contribution is 6.37. The zero-order valence-electron chi connectivity index (χ0n) is 20.4. The fourth-order valence-corrected chi connectivity index (χ4v) is 4.38. The number of anilines is 3. The number of nitrogens with two attached hydrogens (primary N) is 1. The number of benzene rings is 3. The molecule has 0 saturated carbocycles. The van der Waals surface area contributed by atoms with Crippen LogP contribution in [0, 0.1) is 5.82 Å². The lowest BCUT2D eigenvalue weighted by molar-refractivity contribution is -0.124. The van der Waals surface area contributed by atoms with Crippen LogP contribution >= 0.6 is 0 Å². The van der Waals surface area contributed by atoms with Crippen LogP contribution in [0.2, 0.25) is 0 Å². The molecule has 3 aromatic carbocycles. The van der Waals surface area contributed by atoms with Crippen molar-refractivity contribution in [1.29, 1.82) is 0 Å². The third-order valence-electron chi connectivity index (χ3n) is 6.41. The largest absolute Gasteiger partial charge is 0.396 e. The minimum absolute atomic E-state index is 0.0256. The molecule has 6 N–H and O–H groups in total. The first kappa shape index (κ1) is 26.0. The first-order valence-corrected chi connectivity index (χ1v) is 11.8. The molecule has 0 bridgehead atoms. The van der Waals surface area contributed by atoms with Crippen molar-refractivity contribution in [1.82, 2.24) is 0 Å². The molecular formula is C28H29FN4O4. The lowest BCUT2D eigenvalue weighted by Gasteiger charge is -2.31. The van der Waals surface area contributed by atoms with Crippen LogP contribution in [0.1, 0.15) is 24.0 Å². The lowest BCUT2D eigenvalue weighted by Crippen LogP contribution is -2.55. The van der Waals surface area contributed by atoms with E-state index in [-0.39, 0.29) is 32.0 Å². The van der Waals surface area contributed by atoms with Gasteiger partial charge < -0.3 is 31.5 Å². The van der Waals surface area contributed by atoms with Crippen LogP contribution in [0.3, 0.4) is 0 Å². The average molecular weight is 505 g/mol. The van der Waals surface area contributed by atoms with E-state index >= 15 is 0 Å². The number of likely N-dealkylation sites (N-methyl/N-ethyl adjacent to an activating group) is 1. The Hall–Kier alpha value is -4.05. The molecule has 9 heteroatoms. The quantitative estimate of drug-likeness (QED) is 0.285. The fraction of sp³-hybridized carbons (Fsp3) is 0.214. The van der Waals surface area contributed by atoms with Crippen LogP contribution in [-0.4, -0.2) is 47.8 Å². The van der Waals surface area contributed by atoms with Crippen molar-refractivity contribution >= 4 is 40.1 Å². The summed E-state index contributed by atoms with van der Waals surface area (Å²) >= 11 is 0. The van der Waals surface area contributed by atoms with Crippen molar-refractivity contribution < 1.29 is 24.2 Å². The first-order valence-electron chi connectivity index (χ1n) is 11.8. The predicted molar refractivity (Wildman–Crippen MR) is 142 cm³/mol. The summed E-state index contributed by atoms with van der Waals surface area (Å²) in [6.07, 6.45) is 0.0512. The monoisotopic (exact) mass is 504 g/mol. The lowest BCUT2D eigenvalue weighted by atomic mass is 9.91. The molecule has 192 valence electrons. The van der Waals surface area contributed by atoms with E-state index in [1.54, 1.807) is 37.4 Å². The van der Waals surface area contributed by atoms with Crippen molar-refractivity contribution in [3.8, 4) is 0 Å². The number of hydrogen-bond donors (Lipinski definition) is 5. The minimum atomic E-state index is -1.39. The number of hydrogen-bond acceptors (Lipinski definition) is 6. The van der Waals surface area contributed by atoms with Crippen molar-refractivity contribution in [2.75, 3.05) is 35.8 Å². The van der Waals surface area contributed by atoms with Gasteiger partial charge in [-0.05, 0) is 60.9 Å². The Morgan fingerprint density at radius 2 is 1.68 bits per heavy atom. The summed E-state index contributed by atoms with van der Waals surface area (Å²) in [6.45, 7) is -0.557. The molecule has 0 spiro atoms. The van der Waals surface area contributed by atoms with E-state index in [4.69, 9.17) is 5.73 Å². The number of fused-ring (bicyclic) bond motifs is 1. The van der Waals surface area contributed by atoms with Gasteiger partial charge in [0, 0.05) is 37.2 Å². The Balaban J connectivity index is 1.66. The topological polar surface area (TPSA) is 128 Å². The van der Waals surface area contributed by atoms with E-state index in [9.17, 15) is 24.2 Å². The predicted octanol–water partition coefficient (Wildman–Crippen LogP) is 3.18. The normalized spacial score (nSPS) is 14.1. The van der Waals surface area contributed by atoms with Crippen LogP contribution in [0.25, 0.3) is 11.3 Å². The molecule has 4 rings (SSSR count). The minimum Gasteiger partial charge on any atom is -0.396 e. The van der Waals surface area contributed by atoms with Crippen LogP contribution in [0.4, 0.5) is 21.5 Å². The Morgan fingerprint density at radius 3 is 2.30 bits per heavy atom. The third-order valence-corrected chi connectivity index (χ3v) is 6.41. The van der Waals surface area contributed by atoms with Gasteiger partial charge in [0.15, 0.2) is 0 Å². The van der Waals surface area contributed by atoms with Gasteiger partial charge in [-0.3, -0.25) is 9.59 Å². The number of aliphatic hydroxyl groups is 2. The number of nitrogens with one attached hydrogen (secondary N) is 2. The number of carbonyl (C=O) groups is 2. The number of halogens is 1. The smallest absolute Gasteiger partial charge is 0.258 e. The Labute approximate surface area is 214 Å². The zero-order valence-corrected chi connectivity index (χ0v) is 20.4. The van der Waals surface area contributed by atoms with Crippen LogP contribution in [-0.2, 0) is 9.59 Å². The number of nitrogens with zero attached hydrogens (tertiary/aromatic N) is 1. The van der Waals surface area contributed by atoms with Gasteiger partial charge in [-0.1, -0.05) is 30.3 Å². The van der Waals surface area contributed by atoms with E-state index < -0.39 is 17.3 Å². The maximum absolute atomic E-state index is 13.8. The number of amides is 2. The number of carbonyl (C=O) groups excluding carboxylic acids is 2. The second-order valence-corrected chi connectivity index (χ2v) is 8.90. The molecule has 0 atom stereocenters. The summed E-state index contributed by atoms with van der Waals surface area (Å²) in [4.78, 5) is 27.4. The maximum Gasteiger partial charge on any atom is 0.258 e.